The topological polar surface area (TPSA) is 77.0 Å². The van der Waals surface area contributed by atoms with Gasteiger partial charge >= 0.3 is 6.69 Å². The third-order valence-electron chi connectivity index (χ3n) is 5.70. The highest BCUT2D eigenvalue weighted by molar-refractivity contribution is 6.75. The van der Waals surface area contributed by atoms with Gasteiger partial charge in [-0.15, -0.1) is 0 Å². The van der Waals surface area contributed by atoms with Crippen LogP contribution < -0.4 is 15.5 Å². The molecule has 1 amide bonds. The number of quaternary nitrogens is 1. The molecule has 2 saturated heterocycles. The van der Waals surface area contributed by atoms with E-state index in [2.05, 4.69) is 5.32 Å². The number of nitrogens with zero attached hydrogens (tertiary/aromatic N) is 1. The average molecular weight is 370 g/mol. The Morgan fingerprint density at radius 2 is 1.93 bits per heavy atom. The number of carbonyl (C=O) groups is 1. The molecular weight excluding hydrogens is 347 g/mol. The van der Waals surface area contributed by atoms with Crippen molar-refractivity contribution in [2.45, 2.75) is 0 Å². The molecule has 2 N–H and O–H groups in total. The van der Waals surface area contributed by atoms with Crippen LogP contribution >= 0.6 is 0 Å². The highest BCUT2D eigenvalue weighted by atomic mass is 16.6. The number of nitrogens with one attached hydrogen (secondary N) is 1. The Labute approximate surface area is 158 Å². The minimum Gasteiger partial charge on any atom is -0.507 e. The lowest BCUT2D eigenvalue weighted by Crippen LogP contribution is -2.71. The lowest BCUT2D eigenvalue weighted by Gasteiger charge is -2.47. The number of methoxy groups -OCH3 is 1. The maximum absolute atomic E-state index is 12.6. The van der Waals surface area contributed by atoms with Crippen molar-refractivity contribution in [3.63, 3.8) is 0 Å². The van der Waals surface area contributed by atoms with Crippen molar-refractivity contribution in [2.75, 3.05) is 40.1 Å². The van der Waals surface area contributed by atoms with Crippen molar-refractivity contribution in [3.05, 3.63) is 54.1 Å². The molecule has 2 aromatic carbocycles. The zero-order valence-electron chi connectivity index (χ0n) is 15.3. The minimum atomic E-state index is -1.77. The average Bonchev–Trinajstić information content (AvgIpc) is 3.23. The van der Waals surface area contributed by atoms with E-state index < -0.39 is 6.69 Å². The molecule has 0 bridgehead atoms. The zero-order valence-corrected chi connectivity index (χ0v) is 15.3. The third kappa shape index (κ3) is 2.86. The second-order valence-corrected chi connectivity index (χ2v) is 7.04. The van der Waals surface area contributed by atoms with Crippen LogP contribution in [0.3, 0.4) is 0 Å². The number of benzene rings is 2. The quantitative estimate of drug-likeness (QED) is 0.762. The predicted molar refractivity (Wildman–Crippen MR) is 101 cm³/mol. The van der Waals surface area contributed by atoms with Crippen LogP contribution in [0.25, 0.3) is 0 Å². The summed E-state index contributed by atoms with van der Waals surface area (Å²) in [5.41, 5.74) is 1.19. The molecule has 0 spiro atoms. The van der Waals surface area contributed by atoms with E-state index >= 15 is 0 Å². The van der Waals surface area contributed by atoms with Gasteiger partial charge in [-0.1, -0.05) is 29.7 Å². The summed E-state index contributed by atoms with van der Waals surface area (Å²) < 4.78 is 18.2. The Kier molecular flexibility index (Phi) is 4.55. The summed E-state index contributed by atoms with van der Waals surface area (Å²) in [7, 11) is 1.63. The molecule has 27 heavy (non-hydrogen) atoms. The molecule has 0 radical (unpaired) electrons. The summed E-state index contributed by atoms with van der Waals surface area (Å²) in [6.45, 7) is 1.21. The number of amides is 1. The summed E-state index contributed by atoms with van der Waals surface area (Å²) in [5, 5.41) is 12.9. The van der Waals surface area contributed by atoms with Crippen LogP contribution in [0.15, 0.2) is 48.5 Å². The third-order valence-corrected chi connectivity index (χ3v) is 5.70. The molecule has 7 nitrogen and oxygen atoms in total. The monoisotopic (exact) mass is 370 g/mol. The molecule has 2 heterocycles. The molecule has 2 aliphatic rings. The number of para-hydroxylation sites is 1. The highest BCUT2D eigenvalue weighted by Crippen LogP contribution is 2.34. The first kappa shape index (κ1) is 17.8. The fourth-order valence-corrected chi connectivity index (χ4v) is 4.25. The number of fused-ring (bicyclic) bond motifs is 1. The van der Waals surface area contributed by atoms with Crippen LogP contribution in [0.4, 0.5) is 0 Å². The zero-order chi connectivity index (χ0) is 18.9. The Bertz CT molecular complexity index is 849. The maximum Gasteiger partial charge on any atom is 0.504 e. The minimum absolute atomic E-state index is 0.0325. The van der Waals surface area contributed by atoms with Gasteiger partial charge in [0.1, 0.15) is 18.2 Å². The lowest BCUT2D eigenvalue weighted by atomic mass is 9.61. The van der Waals surface area contributed by atoms with E-state index in [0.29, 0.717) is 24.3 Å². The van der Waals surface area contributed by atoms with Crippen LogP contribution in [-0.4, -0.2) is 62.2 Å². The smallest absolute Gasteiger partial charge is 0.504 e. The van der Waals surface area contributed by atoms with Gasteiger partial charge in [-0.05, 0) is 24.3 Å². The first-order chi connectivity index (χ1) is 13.1. The molecule has 8 heteroatoms. The molecule has 4 rings (SSSR count). The van der Waals surface area contributed by atoms with Gasteiger partial charge in [0.05, 0.1) is 39.0 Å². The number of aromatic hydroxyl groups is 1. The normalized spacial score (nSPS) is 26.6. The number of ether oxygens (including phenoxy) is 1. The Balaban J connectivity index is 1.60. The van der Waals surface area contributed by atoms with Crippen molar-refractivity contribution >= 4 is 18.1 Å². The SMILES string of the molecule is COc1cccc([B-]23OCC[N+]2(CNC(=O)c2ccccc2O)CCO3)c1. The Morgan fingerprint density at radius 1 is 1.19 bits per heavy atom. The largest absolute Gasteiger partial charge is 0.507 e. The number of carbonyl (C=O) groups excluding carboxylic acids is 1. The molecule has 142 valence electrons. The van der Waals surface area contributed by atoms with E-state index in [1.165, 1.54) is 6.07 Å². The van der Waals surface area contributed by atoms with Gasteiger partial charge in [0, 0.05) is 0 Å². The van der Waals surface area contributed by atoms with Gasteiger partial charge in [-0.25, -0.2) is 0 Å². The van der Waals surface area contributed by atoms with E-state index in [4.69, 9.17) is 14.0 Å². The van der Waals surface area contributed by atoms with Gasteiger partial charge < -0.3 is 28.9 Å². The van der Waals surface area contributed by atoms with Crippen molar-refractivity contribution in [1.82, 2.24) is 5.32 Å². The molecule has 0 unspecified atom stereocenters. The molecular formula is C19H23BN2O5. The molecule has 0 aliphatic carbocycles. The summed E-state index contributed by atoms with van der Waals surface area (Å²) in [5.74, 6) is 0.399. The Hall–Kier alpha value is -2.55. The summed E-state index contributed by atoms with van der Waals surface area (Å²) in [6, 6.07) is 14.2. The van der Waals surface area contributed by atoms with E-state index in [9.17, 15) is 9.90 Å². The molecule has 0 atom stereocenters. The van der Waals surface area contributed by atoms with Crippen molar-refractivity contribution in [3.8, 4) is 11.5 Å². The van der Waals surface area contributed by atoms with Gasteiger partial charge in [0.15, 0.2) is 0 Å². The Morgan fingerprint density at radius 3 is 2.63 bits per heavy atom. The summed E-state index contributed by atoms with van der Waals surface area (Å²) in [6.07, 6.45) is 0. The number of hydrogen-bond acceptors (Lipinski definition) is 5. The maximum atomic E-state index is 12.6. The predicted octanol–water partition coefficient (Wildman–Crippen LogP) is 0.811. The van der Waals surface area contributed by atoms with Gasteiger partial charge in [0.2, 0.25) is 0 Å². The molecule has 2 aliphatic heterocycles. The van der Waals surface area contributed by atoms with Crippen molar-refractivity contribution < 1.29 is 28.3 Å². The highest BCUT2D eigenvalue weighted by Gasteiger charge is 2.59. The van der Waals surface area contributed by atoms with E-state index in [1.807, 2.05) is 24.3 Å². The lowest BCUT2D eigenvalue weighted by molar-refractivity contribution is -0.822. The second-order valence-electron chi connectivity index (χ2n) is 7.04. The van der Waals surface area contributed by atoms with Crippen LogP contribution in [0, 0.1) is 0 Å². The summed E-state index contributed by atoms with van der Waals surface area (Å²) >= 11 is 0. The number of phenols is 1. The first-order valence-electron chi connectivity index (χ1n) is 9.09. The molecule has 2 aromatic rings. The number of hydrogen-bond donors (Lipinski definition) is 2. The second kappa shape index (κ2) is 6.88. The van der Waals surface area contributed by atoms with Crippen molar-refractivity contribution in [2.24, 2.45) is 0 Å². The van der Waals surface area contributed by atoms with Crippen LogP contribution in [-0.2, 0) is 9.31 Å². The molecule has 0 saturated carbocycles. The van der Waals surface area contributed by atoms with Gasteiger partial charge in [-0.2, -0.15) is 0 Å². The standard InChI is InChI=1S/C19H23BN2O5/c1-25-16-6-4-5-15(13-16)20-22(9-11-26-20,10-12-27-20)14-21-19(24)17-7-2-3-8-18(17)23/h2-8,13,23H,9-12,14H2,1H3,(H,21,24). The molecule has 2 fully saturated rings. The van der Waals surface area contributed by atoms with E-state index in [-0.39, 0.29) is 17.2 Å². The summed E-state index contributed by atoms with van der Waals surface area (Å²) in [4.78, 5) is 12.6. The van der Waals surface area contributed by atoms with Crippen molar-refractivity contribution in [1.29, 1.82) is 0 Å². The van der Waals surface area contributed by atoms with Gasteiger partial charge in [0.25, 0.3) is 5.91 Å². The van der Waals surface area contributed by atoms with Crippen LogP contribution in [0.1, 0.15) is 10.4 Å². The fourth-order valence-electron chi connectivity index (χ4n) is 4.25. The molecule has 0 aromatic heterocycles. The first-order valence-corrected chi connectivity index (χ1v) is 9.09. The van der Waals surface area contributed by atoms with Crippen LogP contribution in [0.5, 0.6) is 11.5 Å². The fraction of sp³-hybridized carbons (Fsp3) is 0.316. The number of phenolic OH excluding ortho intramolecular Hbond substituents is 1. The number of rotatable bonds is 5. The van der Waals surface area contributed by atoms with Gasteiger partial charge in [-0.3, -0.25) is 4.79 Å². The van der Waals surface area contributed by atoms with E-state index in [0.717, 1.165) is 24.3 Å². The van der Waals surface area contributed by atoms with E-state index in [1.54, 1.807) is 25.3 Å². The van der Waals surface area contributed by atoms with Crippen LogP contribution in [0.2, 0.25) is 0 Å².